The predicted octanol–water partition coefficient (Wildman–Crippen LogP) is 2.64. The molecular weight excluding hydrogens is 306 g/mol. The third kappa shape index (κ3) is 3.26. The fraction of sp³-hybridized carbons (Fsp3) is 0.294. The second kappa shape index (κ2) is 6.76. The van der Waals surface area contributed by atoms with Crippen LogP contribution >= 0.6 is 0 Å². The van der Waals surface area contributed by atoms with Gasteiger partial charge in [-0.3, -0.25) is 4.98 Å². The zero-order chi connectivity index (χ0) is 16.2. The van der Waals surface area contributed by atoms with E-state index in [1.165, 1.54) is 0 Å². The van der Waals surface area contributed by atoms with Gasteiger partial charge in [0.2, 0.25) is 0 Å². The highest BCUT2D eigenvalue weighted by atomic mass is 16.5. The maximum absolute atomic E-state index is 5.42. The standard InChI is InChI=1S/C17H17N5O2/c1-2-5-18-14(3-1)16-7-13(24-22-16)9-19-17-8-15(20-11-21-17)12-4-6-23-10-12/h1-3,5,7-8,11-12H,4,6,9-10H2,(H,19,20,21)/t12-/m0/s1. The predicted molar refractivity (Wildman–Crippen MR) is 87.3 cm³/mol. The van der Waals surface area contributed by atoms with Gasteiger partial charge in [-0.1, -0.05) is 11.2 Å². The largest absolute Gasteiger partial charge is 0.381 e. The zero-order valence-corrected chi connectivity index (χ0v) is 13.1. The average molecular weight is 323 g/mol. The van der Waals surface area contributed by atoms with Gasteiger partial charge in [-0.15, -0.1) is 0 Å². The molecule has 0 aromatic carbocycles. The Kier molecular flexibility index (Phi) is 4.16. The van der Waals surface area contributed by atoms with E-state index in [1.54, 1.807) is 12.5 Å². The van der Waals surface area contributed by atoms with Crippen molar-refractivity contribution in [3.8, 4) is 11.4 Å². The number of ether oxygens (including phenoxy) is 1. The highest BCUT2D eigenvalue weighted by Crippen LogP contribution is 2.24. The van der Waals surface area contributed by atoms with Crippen LogP contribution in [0.25, 0.3) is 11.4 Å². The molecular formula is C17H17N5O2. The van der Waals surface area contributed by atoms with Crippen LogP contribution < -0.4 is 5.32 Å². The van der Waals surface area contributed by atoms with Crippen LogP contribution in [-0.2, 0) is 11.3 Å². The number of pyridine rings is 1. The Balaban J connectivity index is 1.42. The molecule has 7 heteroatoms. The van der Waals surface area contributed by atoms with Crippen LogP contribution in [0.5, 0.6) is 0 Å². The summed E-state index contributed by atoms with van der Waals surface area (Å²) in [6.07, 6.45) is 4.32. The molecule has 3 aromatic rings. The fourth-order valence-electron chi connectivity index (χ4n) is 2.67. The lowest BCUT2D eigenvalue weighted by Gasteiger charge is -2.08. The van der Waals surface area contributed by atoms with Gasteiger partial charge < -0.3 is 14.6 Å². The number of rotatable bonds is 5. The van der Waals surface area contributed by atoms with Crippen molar-refractivity contribution in [1.29, 1.82) is 0 Å². The zero-order valence-electron chi connectivity index (χ0n) is 13.1. The van der Waals surface area contributed by atoms with Crippen molar-refractivity contribution in [2.24, 2.45) is 0 Å². The molecule has 1 aliphatic rings. The molecule has 0 amide bonds. The average Bonchev–Trinajstić information content (AvgIpc) is 3.33. The molecule has 1 N–H and O–H groups in total. The summed E-state index contributed by atoms with van der Waals surface area (Å²) in [6.45, 7) is 2.02. The number of nitrogens with one attached hydrogen (secondary N) is 1. The van der Waals surface area contributed by atoms with Crippen molar-refractivity contribution in [3.05, 3.63) is 54.3 Å². The lowest BCUT2D eigenvalue weighted by molar-refractivity contribution is 0.193. The first-order chi connectivity index (χ1) is 11.9. The normalized spacial score (nSPS) is 17.1. The van der Waals surface area contributed by atoms with Crippen LogP contribution in [-0.4, -0.2) is 33.3 Å². The Morgan fingerprint density at radius 2 is 2.12 bits per heavy atom. The van der Waals surface area contributed by atoms with Gasteiger partial charge in [0.05, 0.1) is 24.5 Å². The molecule has 0 radical (unpaired) electrons. The molecule has 0 spiro atoms. The maximum Gasteiger partial charge on any atom is 0.156 e. The van der Waals surface area contributed by atoms with Gasteiger partial charge >= 0.3 is 0 Å². The second-order valence-corrected chi connectivity index (χ2v) is 5.64. The molecule has 4 rings (SSSR count). The maximum atomic E-state index is 5.42. The third-order valence-corrected chi connectivity index (χ3v) is 3.97. The van der Waals surface area contributed by atoms with E-state index in [9.17, 15) is 0 Å². The Morgan fingerprint density at radius 3 is 2.96 bits per heavy atom. The lowest BCUT2D eigenvalue weighted by Crippen LogP contribution is -2.05. The second-order valence-electron chi connectivity index (χ2n) is 5.64. The Labute approximate surface area is 139 Å². The van der Waals surface area contributed by atoms with Crippen LogP contribution in [0.15, 0.2) is 47.4 Å². The minimum atomic E-state index is 0.356. The fourth-order valence-corrected chi connectivity index (χ4v) is 2.67. The van der Waals surface area contributed by atoms with Crippen LogP contribution in [0, 0.1) is 0 Å². The van der Waals surface area contributed by atoms with Gasteiger partial charge in [0.25, 0.3) is 0 Å². The molecule has 1 saturated heterocycles. The smallest absolute Gasteiger partial charge is 0.156 e. The molecule has 1 fully saturated rings. The molecule has 122 valence electrons. The van der Waals surface area contributed by atoms with E-state index in [2.05, 4.69) is 25.4 Å². The minimum Gasteiger partial charge on any atom is -0.381 e. The lowest BCUT2D eigenvalue weighted by atomic mass is 10.1. The van der Waals surface area contributed by atoms with Gasteiger partial charge in [0, 0.05) is 30.9 Å². The van der Waals surface area contributed by atoms with Crippen LogP contribution in [0.2, 0.25) is 0 Å². The summed E-state index contributed by atoms with van der Waals surface area (Å²) in [5.41, 5.74) is 2.52. The number of nitrogens with zero attached hydrogens (tertiary/aromatic N) is 4. The van der Waals surface area contributed by atoms with E-state index in [0.29, 0.717) is 12.5 Å². The SMILES string of the molecule is c1ccc(-c2cc(CNc3cc([C@H]4CCOC4)ncn3)on2)nc1. The van der Waals surface area contributed by atoms with Gasteiger partial charge in [0.15, 0.2) is 5.76 Å². The highest BCUT2D eigenvalue weighted by molar-refractivity contribution is 5.53. The molecule has 0 saturated carbocycles. The Hall–Kier alpha value is -2.80. The summed E-state index contributed by atoms with van der Waals surface area (Å²) in [6, 6.07) is 9.53. The van der Waals surface area contributed by atoms with Crippen molar-refractivity contribution < 1.29 is 9.26 Å². The number of anilines is 1. The van der Waals surface area contributed by atoms with Crippen LogP contribution in [0.1, 0.15) is 23.8 Å². The van der Waals surface area contributed by atoms with E-state index in [-0.39, 0.29) is 0 Å². The van der Waals surface area contributed by atoms with Crippen molar-refractivity contribution >= 4 is 5.82 Å². The van der Waals surface area contributed by atoms with E-state index in [0.717, 1.165) is 48.3 Å². The summed E-state index contributed by atoms with van der Waals surface area (Å²) in [5, 5.41) is 7.30. The van der Waals surface area contributed by atoms with Gasteiger partial charge in [-0.05, 0) is 18.6 Å². The molecule has 1 atom stereocenters. The van der Waals surface area contributed by atoms with Gasteiger partial charge in [0.1, 0.15) is 17.8 Å². The summed E-state index contributed by atoms with van der Waals surface area (Å²) in [7, 11) is 0. The van der Waals surface area contributed by atoms with Crippen molar-refractivity contribution in [2.45, 2.75) is 18.9 Å². The van der Waals surface area contributed by atoms with E-state index in [1.807, 2.05) is 30.3 Å². The van der Waals surface area contributed by atoms with E-state index in [4.69, 9.17) is 9.26 Å². The number of hydrogen-bond donors (Lipinski definition) is 1. The molecule has 0 bridgehead atoms. The summed E-state index contributed by atoms with van der Waals surface area (Å²) < 4.78 is 10.8. The van der Waals surface area contributed by atoms with Crippen LogP contribution in [0.4, 0.5) is 5.82 Å². The van der Waals surface area contributed by atoms with Crippen molar-refractivity contribution in [1.82, 2.24) is 20.1 Å². The molecule has 1 aliphatic heterocycles. The molecule has 0 unspecified atom stereocenters. The van der Waals surface area contributed by atoms with Gasteiger partial charge in [-0.25, -0.2) is 9.97 Å². The highest BCUT2D eigenvalue weighted by Gasteiger charge is 2.19. The van der Waals surface area contributed by atoms with Crippen LogP contribution in [0.3, 0.4) is 0 Å². The Morgan fingerprint density at radius 1 is 1.12 bits per heavy atom. The molecule has 0 aliphatic carbocycles. The van der Waals surface area contributed by atoms with E-state index >= 15 is 0 Å². The number of hydrogen-bond acceptors (Lipinski definition) is 7. The number of aromatic nitrogens is 4. The molecule has 3 aromatic heterocycles. The molecule has 7 nitrogen and oxygen atoms in total. The van der Waals surface area contributed by atoms with E-state index < -0.39 is 0 Å². The van der Waals surface area contributed by atoms with Crippen molar-refractivity contribution in [3.63, 3.8) is 0 Å². The molecule has 4 heterocycles. The third-order valence-electron chi connectivity index (χ3n) is 3.97. The first-order valence-electron chi connectivity index (χ1n) is 7.89. The first kappa shape index (κ1) is 14.8. The topological polar surface area (TPSA) is 86.0 Å². The van der Waals surface area contributed by atoms with Crippen molar-refractivity contribution in [2.75, 3.05) is 18.5 Å². The quantitative estimate of drug-likeness (QED) is 0.772. The molecule has 24 heavy (non-hydrogen) atoms. The van der Waals surface area contributed by atoms with Gasteiger partial charge in [-0.2, -0.15) is 0 Å². The summed E-state index contributed by atoms with van der Waals surface area (Å²) >= 11 is 0. The first-order valence-corrected chi connectivity index (χ1v) is 7.89. The summed E-state index contributed by atoms with van der Waals surface area (Å²) in [5.74, 6) is 1.84. The summed E-state index contributed by atoms with van der Waals surface area (Å²) in [4.78, 5) is 12.9. The minimum absolute atomic E-state index is 0.356. The monoisotopic (exact) mass is 323 g/mol. The Bertz CT molecular complexity index is 800.